The summed E-state index contributed by atoms with van der Waals surface area (Å²) in [6.45, 7) is 0. The number of hydrogen-bond donors (Lipinski definition) is 1. The molecule has 0 bridgehead atoms. The van der Waals surface area contributed by atoms with Crippen LogP contribution in [0, 0.1) is 0 Å². The average Bonchev–Trinajstić information content (AvgIpc) is 2.31. The zero-order valence-corrected chi connectivity index (χ0v) is 8.63. The van der Waals surface area contributed by atoms with Gasteiger partial charge in [-0.05, 0) is 29.7 Å². The number of benzene rings is 1. The van der Waals surface area contributed by atoms with Crippen LogP contribution in [0.3, 0.4) is 0 Å². The van der Waals surface area contributed by atoms with Crippen LogP contribution in [0.15, 0.2) is 48.8 Å². The Morgan fingerprint density at radius 3 is 2.69 bits per heavy atom. The predicted octanol–water partition coefficient (Wildman–Crippen LogP) is 2.37. The van der Waals surface area contributed by atoms with Crippen molar-refractivity contribution in [2.45, 2.75) is 6.42 Å². The Morgan fingerprint density at radius 2 is 2.00 bits per heavy atom. The van der Waals surface area contributed by atoms with Crippen molar-refractivity contribution in [3.63, 3.8) is 0 Å². The molecule has 1 heterocycles. The summed E-state index contributed by atoms with van der Waals surface area (Å²) < 4.78 is 0. The van der Waals surface area contributed by atoms with Crippen LogP contribution in [0.2, 0.25) is 0 Å². The molecule has 0 atom stereocenters. The molecule has 1 aromatic carbocycles. The third-order valence-electron chi connectivity index (χ3n) is 2.37. The van der Waals surface area contributed by atoms with E-state index >= 15 is 0 Å². The summed E-state index contributed by atoms with van der Waals surface area (Å²) in [6.07, 6.45) is 4.04. The number of carboxylic acids is 1. The Hall–Kier alpha value is -2.16. The smallest absolute Gasteiger partial charge is 0.335 e. The van der Waals surface area contributed by atoms with Gasteiger partial charge in [0.15, 0.2) is 0 Å². The number of rotatable bonds is 3. The minimum Gasteiger partial charge on any atom is -0.478 e. The van der Waals surface area contributed by atoms with Crippen LogP contribution in [-0.4, -0.2) is 16.1 Å². The molecule has 0 unspecified atom stereocenters. The molecule has 3 heteroatoms. The summed E-state index contributed by atoms with van der Waals surface area (Å²) in [6, 6.07) is 10.8. The largest absolute Gasteiger partial charge is 0.478 e. The number of carbonyl (C=O) groups is 1. The monoisotopic (exact) mass is 213 g/mol. The summed E-state index contributed by atoms with van der Waals surface area (Å²) in [5, 5.41) is 9.03. The van der Waals surface area contributed by atoms with Crippen molar-refractivity contribution in [3.05, 3.63) is 65.5 Å². The fourth-order valence-electron chi connectivity index (χ4n) is 1.61. The van der Waals surface area contributed by atoms with Gasteiger partial charge in [0.25, 0.3) is 0 Å². The predicted molar refractivity (Wildman–Crippen MR) is 60.4 cm³/mol. The van der Waals surface area contributed by atoms with Gasteiger partial charge in [-0.25, -0.2) is 4.79 Å². The van der Waals surface area contributed by atoms with Crippen molar-refractivity contribution in [3.8, 4) is 0 Å². The fraction of sp³-hybridized carbons (Fsp3) is 0.0769. The van der Waals surface area contributed by atoms with E-state index in [1.165, 1.54) is 0 Å². The molecule has 80 valence electrons. The number of hydrogen-bond acceptors (Lipinski definition) is 2. The lowest BCUT2D eigenvalue weighted by Gasteiger charge is -2.05. The average molecular weight is 213 g/mol. The van der Waals surface area contributed by atoms with Crippen molar-refractivity contribution in [1.82, 2.24) is 4.98 Å². The molecule has 1 aromatic heterocycles. The molecule has 0 radical (unpaired) electrons. The normalized spacial score (nSPS) is 10.0. The van der Waals surface area contributed by atoms with Gasteiger partial charge in [-0.2, -0.15) is 0 Å². The van der Waals surface area contributed by atoms with Gasteiger partial charge in [0.05, 0.1) is 5.56 Å². The van der Waals surface area contributed by atoms with Crippen LogP contribution < -0.4 is 0 Å². The lowest BCUT2D eigenvalue weighted by molar-refractivity contribution is 0.0696. The van der Waals surface area contributed by atoms with Gasteiger partial charge >= 0.3 is 5.97 Å². The molecule has 0 aliphatic rings. The topological polar surface area (TPSA) is 50.2 Å². The highest BCUT2D eigenvalue weighted by Gasteiger charge is 2.08. The number of carboxylic acid groups (broad SMARTS) is 1. The van der Waals surface area contributed by atoms with Crippen molar-refractivity contribution < 1.29 is 9.90 Å². The first kappa shape index (κ1) is 10.4. The fourth-order valence-corrected chi connectivity index (χ4v) is 1.61. The van der Waals surface area contributed by atoms with Crippen LogP contribution in [0.25, 0.3) is 0 Å². The Balaban J connectivity index is 2.31. The van der Waals surface area contributed by atoms with E-state index in [1.54, 1.807) is 24.5 Å². The summed E-state index contributed by atoms with van der Waals surface area (Å²) in [5.74, 6) is -0.889. The molecule has 0 aliphatic carbocycles. The van der Waals surface area contributed by atoms with Gasteiger partial charge in [-0.15, -0.1) is 0 Å². The van der Waals surface area contributed by atoms with Crippen LogP contribution >= 0.6 is 0 Å². The Kier molecular flexibility index (Phi) is 2.96. The minimum absolute atomic E-state index is 0.353. The standard InChI is InChI=1S/C13H11NO2/c15-13(16)12-6-2-1-5-11(12)8-10-4-3-7-14-9-10/h1-7,9H,8H2,(H,15,16). The van der Waals surface area contributed by atoms with Crippen molar-refractivity contribution in [1.29, 1.82) is 0 Å². The number of pyridine rings is 1. The highest BCUT2D eigenvalue weighted by atomic mass is 16.4. The molecular formula is C13H11NO2. The van der Waals surface area contributed by atoms with Gasteiger partial charge in [-0.3, -0.25) is 4.98 Å². The van der Waals surface area contributed by atoms with Gasteiger partial charge in [0.2, 0.25) is 0 Å². The molecule has 16 heavy (non-hydrogen) atoms. The van der Waals surface area contributed by atoms with Crippen molar-refractivity contribution >= 4 is 5.97 Å². The summed E-state index contributed by atoms with van der Waals surface area (Å²) in [4.78, 5) is 15.0. The van der Waals surface area contributed by atoms with E-state index in [-0.39, 0.29) is 0 Å². The second-order valence-corrected chi connectivity index (χ2v) is 3.50. The van der Waals surface area contributed by atoms with Crippen LogP contribution in [0.1, 0.15) is 21.5 Å². The molecule has 0 saturated carbocycles. The molecule has 1 N–H and O–H groups in total. The second-order valence-electron chi connectivity index (χ2n) is 3.50. The second kappa shape index (κ2) is 4.57. The van der Waals surface area contributed by atoms with Crippen molar-refractivity contribution in [2.24, 2.45) is 0 Å². The Bertz CT molecular complexity index is 494. The molecule has 0 amide bonds. The molecular weight excluding hydrogens is 202 g/mol. The third-order valence-corrected chi connectivity index (χ3v) is 2.37. The third kappa shape index (κ3) is 2.25. The van der Waals surface area contributed by atoms with E-state index in [0.29, 0.717) is 12.0 Å². The first-order valence-corrected chi connectivity index (χ1v) is 4.97. The zero-order chi connectivity index (χ0) is 11.4. The quantitative estimate of drug-likeness (QED) is 0.851. The van der Waals surface area contributed by atoms with Crippen LogP contribution in [-0.2, 0) is 6.42 Å². The summed E-state index contributed by atoms with van der Waals surface area (Å²) in [5.41, 5.74) is 2.17. The Labute approximate surface area is 93.4 Å². The molecule has 2 rings (SSSR count). The summed E-state index contributed by atoms with van der Waals surface area (Å²) in [7, 11) is 0. The van der Waals surface area contributed by atoms with Gasteiger partial charge in [0, 0.05) is 12.4 Å². The maximum absolute atomic E-state index is 11.0. The van der Waals surface area contributed by atoms with E-state index in [0.717, 1.165) is 11.1 Å². The van der Waals surface area contributed by atoms with Gasteiger partial charge < -0.3 is 5.11 Å². The first-order valence-electron chi connectivity index (χ1n) is 4.97. The molecule has 0 saturated heterocycles. The highest BCUT2D eigenvalue weighted by molar-refractivity contribution is 5.89. The van der Waals surface area contributed by atoms with Gasteiger partial charge in [0.1, 0.15) is 0 Å². The molecule has 0 spiro atoms. The number of aromatic carboxylic acids is 1. The van der Waals surface area contributed by atoms with Crippen LogP contribution in [0.4, 0.5) is 0 Å². The Morgan fingerprint density at radius 1 is 1.19 bits per heavy atom. The van der Waals surface area contributed by atoms with E-state index in [4.69, 9.17) is 5.11 Å². The lowest BCUT2D eigenvalue weighted by Crippen LogP contribution is -2.02. The van der Waals surface area contributed by atoms with E-state index < -0.39 is 5.97 Å². The van der Waals surface area contributed by atoms with Crippen LogP contribution in [0.5, 0.6) is 0 Å². The zero-order valence-electron chi connectivity index (χ0n) is 8.63. The van der Waals surface area contributed by atoms with Gasteiger partial charge in [-0.1, -0.05) is 24.3 Å². The lowest BCUT2D eigenvalue weighted by atomic mass is 10.0. The number of nitrogens with zero attached hydrogens (tertiary/aromatic N) is 1. The molecule has 0 aliphatic heterocycles. The van der Waals surface area contributed by atoms with E-state index in [2.05, 4.69) is 4.98 Å². The summed E-state index contributed by atoms with van der Waals surface area (Å²) >= 11 is 0. The molecule has 2 aromatic rings. The van der Waals surface area contributed by atoms with Crippen molar-refractivity contribution in [2.75, 3.05) is 0 Å². The minimum atomic E-state index is -0.889. The molecule has 3 nitrogen and oxygen atoms in total. The maximum Gasteiger partial charge on any atom is 0.335 e. The first-order chi connectivity index (χ1) is 7.77. The SMILES string of the molecule is O=C(O)c1ccccc1Cc1cccnc1. The number of aromatic nitrogens is 1. The van der Waals surface area contributed by atoms with E-state index in [1.807, 2.05) is 24.3 Å². The highest BCUT2D eigenvalue weighted by Crippen LogP contribution is 2.13. The maximum atomic E-state index is 11.0. The molecule has 0 fully saturated rings. The van der Waals surface area contributed by atoms with E-state index in [9.17, 15) is 4.79 Å².